The van der Waals surface area contributed by atoms with Gasteiger partial charge in [0.05, 0.1) is 29.4 Å². The van der Waals surface area contributed by atoms with Crippen LogP contribution in [0.4, 0.5) is 5.69 Å². The van der Waals surface area contributed by atoms with E-state index in [4.69, 9.17) is 33.3 Å². The van der Waals surface area contributed by atoms with E-state index in [1.807, 2.05) is 0 Å². The SMILES string of the molecule is O=C(O)c1cccc(N2C(=O)/C(=C\c3cc(Cl)ccc3OCC(=O)N3CCOCC3)SC2=S)c1. The number of amides is 2. The summed E-state index contributed by atoms with van der Waals surface area (Å²) in [5.74, 6) is -1.26. The summed E-state index contributed by atoms with van der Waals surface area (Å²) >= 11 is 12.6. The zero-order chi connectivity index (χ0) is 24.2. The van der Waals surface area contributed by atoms with Crippen LogP contribution < -0.4 is 9.64 Å². The summed E-state index contributed by atoms with van der Waals surface area (Å²) in [5, 5.41) is 9.68. The van der Waals surface area contributed by atoms with Crippen molar-refractivity contribution in [3.8, 4) is 5.75 Å². The smallest absolute Gasteiger partial charge is 0.335 e. The Morgan fingerprint density at radius 2 is 1.97 bits per heavy atom. The Morgan fingerprint density at radius 1 is 1.21 bits per heavy atom. The maximum atomic E-state index is 13.1. The number of carbonyl (C=O) groups excluding carboxylic acids is 2. The van der Waals surface area contributed by atoms with Crippen molar-refractivity contribution in [3.05, 3.63) is 63.5 Å². The number of benzene rings is 2. The fraction of sp³-hybridized carbons (Fsp3) is 0.217. The molecule has 11 heteroatoms. The first-order valence-corrected chi connectivity index (χ1v) is 11.8. The van der Waals surface area contributed by atoms with Crippen LogP contribution in [0.5, 0.6) is 5.75 Å². The van der Waals surface area contributed by atoms with Crippen LogP contribution in [-0.4, -0.2) is 65.0 Å². The van der Waals surface area contributed by atoms with Gasteiger partial charge in [-0.3, -0.25) is 14.5 Å². The largest absolute Gasteiger partial charge is 0.483 e. The Bertz CT molecular complexity index is 1200. The van der Waals surface area contributed by atoms with Crippen LogP contribution in [0.25, 0.3) is 6.08 Å². The number of hydrogen-bond donors (Lipinski definition) is 1. The molecule has 2 saturated heterocycles. The number of nitrogens with zero attached hydrogens (tertiary/aromatic N) is 2. The standard InChI is InChI=1S/C23H19ClN2O6S2/c24-16-4-5-18(32-13-20(27)25-6-8-31-9-7-25)15(10-16)12-19-21(28)26(23(33)34-19)17-3-1-2-14(11-17)22(29)30/h1-5,10-12H,6-9,13H2,(H,29,30)/b19-12+. The highest BCUT2D eigenvalue weighted by Gasteiger charge is 2.34. The third-order valence-electron chi connectivity index (χ3n) is 5.12. The average Bonchev–Trinajstić information content (AvgIpc) is 3.11. The number of hydrogen-bond acceptors (Lipinski definition) is 7. The molecule has 2 heterocycles. The number of morpholine rings is 1. The molecule has 2 aromatic rings. The molecule has 0 spiro atoms. The Hall–Kier alpha value is -2.92. The number of rotatable bonds is 6. The van der Waals surface area contributed by atoms with Crippen molar-refractivity contribution in [2.24, 2.45) is 0 Å². The third kappa shape index (κ3) is 5.41. The van der Waals surface area contributed by atoms with Crippen molar-refractivity contribution in [2.45, 2.75) is 0 Å². The lowest BCUT2D eigenvalue weighted by atomic mass is 10.1. The molecule has 2 amide bonds. The Kier molecular flexibility index (Phi) is 7.52. The van der Waals surface area contributed by atoms with E-state index in [9.17, 15) is 19.5 Å². The van der Waals surface area contributed by atoms with Gasteiger partial charge in [0, 0.05) is 23.7 Å². The molecule has 0 bridgehead atoms. The molecule has 2 aliphatic heterocycles. The maximum Gasteiger partial charge on any atom is 0.335 e. The van der Waals surface area contributed by atoms with E-state index < -0.39 is 11.9 Å². The Balaban J connectivity index is 1.55. The van der Waals surface area contributed by atoms with Crippen molar-refractivity contribution >= 4 is 69.4 Å². The van der Waals surface area contributed by atoms with E-state index in [0.29, 0.717) is 53.2 Å². The number of aromatic carboxylic acids is 1. The normalized spacial score (nSPS) is 17.4. The van der Waals surface area contributed by atoms with Gasteiger partial charge in [0.15, 0.2) is 10.9 Å². The highest BCUT2D eigenvalue weighted by Crippen LogP contribution is 2.38. The van der Waals surface area contributed by atoms with Crippen LogP contribution >= 0.6 is 35.6 Å². The van der Waals surface area contributed by atoms with Gasteiger partial charge in [0.25, 0.3) is 11.8 Å². The lowest BCUT2D eigenvalue weighted by Gasteiger charge is -2.26. The van der Waals surface area contributed by atoms with E-state index in [1.54, 1.807) is 41.3 Å². The molecular weight excluding hydrogens is 500 g/mol. The summed E-state index contributed by atoms with van der Waals surface area (Å²) in [5.41, 5.74) is 0.928. The fourth-order valence-electron chi connectivity index (χ4n) is 3.42. The number of halogens is 1. The van der Waals surface area contributed by atoms with Crippen molar-refractivity contribution in [2.75, 3.05) is 37.8 Å². The van der Waals surface area contributed by atoms with E-state index >= 15 is 0 Å². The molecular formula is C23H19ClN2O6S2. The van der Waals surface area contributed by atoms with Gasteiger partial charge < -0.3 is 19.5 Å². The molecule has 34 heavy (non-hydrogen) atoms. The molecule has 1 N–H and O–H groups in total. The Labute approximate surface area is 210 Å². The second-order valence-electron chi connectivity index (χ2n) is 7.34. The fourth-order valence-corrected chi connectivity index (χ4v) is 4.89. The minimum absolute atomic E-state index is 0.0472. The predicted molar refractivity (Wildman–Crippen MR) is 133 cm³/mol. The van der Waals surface area contributed by atoms with E-state index in [-0.39, 0.29) is 22.4 Å². The summed E-state index contributed by atoms with van der Waals surface area (Å²) in [7, 11) is 0. The number of thioether (sulfide) groups is 1. The van der Waals surface area contributed by atoms with Crippen LogP contribution in [0.3, 0.4) is 0 Å². The molecule has 4 rings (SSSR count). The lowest BCUT2D eigenvalue weighted by molar-refractivity contribution is -0.137. The van der Waals surface area contributed by atoms with Crippen molar-refractivity contribution in [3.63, 3.8) is 0 Å². The number of carboxylic acids is 1. The van der Waals surface area contributed by atoms with Crippen molar-refractivity contribution < 1.29 is 29.0 Å². The minimum atomic E-state index is -1.10. The van der Waals surface area contributed by atoms with Crippen LogP contribution in [0.15, 0.2) is 47.4 Å². The molecule has 0 unspecified atom stereocenters. The number of carboxylic acid groups (broad SMARTS) is 1. The van der Waals surface area contributed by atoms with Gasteiger partial charge in [-0.2, -0.15) is 0 Å². The van der Waals surface area contributed by atoms with Gasteiger partial charge in [-0.25, -0.2) is 4.79 Å². The van der Waals surface area contributed by atoms with Crippen LogP contribution in [0.2, 0.25) is 5.02 Å². The maximum absolute atomic E-state index is 13.1. The van der Waals surface area contributed by atoms with Crippen LogP contribution in [-0.2, 0) is 14.3 Å². The first-order chi connectivity index (χ1) is 16.3. The molecule has 0 aliphatic carbocycles. The van der Waals surface area contributed by atoms with Crippen molar-refractivity contribution in [1.82, 2.24) is 4.90 Å². The zero-order valence-electron chi connectivity index (χ0n) is 17.7. The van der Waals surface area contributed by atoms with Gasteiger partial charge in [-0.05, 0) is 42.5 Å². The predicted octanol–water partition coefficient (Wildman–Crippen LogP) is 3.68. The summed E-state index contributed by atoms with van der Waals surface area (Å²) in [6.07, 6.45) is 1.60. The molecule has 8 nitrogen and oxygen atoms in total. The van der Waals surface area contributed by atoms with Gasteiger partial charge in [0.1, 0.15) is 5.75 Å². The number of carbonyl (C=O) groups is 3. The van der Waals surface area contributed by atoms with E-state index in [0.717, 1.165) is 11.8 Å². The molecule has 2 fully saturated rings. The van der Waals surface area contributed by atoms with Gasteiger partial charge >= 0.3 is 5.97 Å². The van der Waals surface area contributed by atoms with E-state index in [1.165, 1.54) is 17.0 Å². The van der Waals surface area contributed by atoms with Gasteiger partial charge in [0.2, 0.25) is 0 Å². The summed E-state index contributed by atoms with van der Waals surface area (Å²) in [4.78, 5) is 40.2. The first-order valence-electron chi connectivity index (χ1n) is 10.2. The van der Waals surface area contributed by atoms with Crippen molar-refractivity contribution in [1.29, 1.82) is 0 Å². The summed E-state index contributed by atoms with van der Waals surface area (Å²) < 4.78 is 11.3. The monoisotopic (exact) mass is 518 g/mol. The second-order valence-corrected chi connectivity index (χ2v) is 9.45. The quantitative estimate of drug-likeness (QED) is 0.457. The number of thiocarbonyl (C=S) groups is 1. The minimum Gasteiger partial charge on any atom is -0.483 e. The molecule has 176 valence electrons. The van der Waals surface area contributed by atoms with Crippen LogP contribution in [0.1, 0.15) is 15.9 Å². The third-order valence-corrected chi connectivity index (χ3v) is 6.66. The van der Waals surface area contributed by atoms with Crippen LogP contribution in [0, 0.1) is 0 Å². The van der Waals surface area contributed by atoms with Gasteiger partial charge in [-0.15, -0.1) is 0 Å². The summed E-state index contributed by atoms with van der Waals surface area (Å²) in [6, 6.07) is 10.9. The first kappa shape index (κ1) is 24.2. The lowest BCUT2D eigenvalue weighted by Crippen LogP contribution is -2.43. The molecule has 0 aromatic heterocycles. The highest BCUT2D eigenvalue weighted by molar-refractivity contribution is 8.27. The number of ether oxygens (including phenoxy) is 2. The van der Waals surface area contributed by atoms with E-state index in [2.05, 4.69) is 0 Å². The molecule has 0 radical (unpaired) electrons. The molecule has 2 aliphatic rings. The summed E-state index contributed by atoms with van der Waals surface area (Å²) in [6.45, 7) is 1.86. The molecule has 0 atom stereocenters. The highest BCUT2D eigenvalue weighted by atomic mass is 35.5. The zero-order valence-corrected chi connectivity index (χ0v) is 20.1. The second kappa shape index (κ2) is 10.6. The Morgan fingerprint density at radius 3 is 2.71 bits per heavy atom. The molecule has 0 saturated carbocycles. The topological polar surface area (TPSA) is 96.4 Å². The van der Waals surface area contributed by atoms with Gasteiger partial charge in [-0.1, -0.05) is 41.6 Å². The number of anilines is 1. The molecule has 2 aromatic carbocycles. The average molecular weight is 519 g/mol.